The Morgan fingerprint density at radius 1 is 0.512 bits per heavy atom. The molecule has 0 radical (unpaired) electrons. The lowest BCUT2D eigenvalue weighted by Crippen LogP contribution is -2.25. The van der Waals surface area contributed by atoms with Crippen LogP contribution in [0.25, 0.3) is 10.8 Å². The highest BCUT2D eigenvalue weighted by Gasteiger charge is 2.29. The molecular formula is C34H27F6NO2. The van der Waals surface area contributed by atoms with Crippen LogP contribution in [-0.4, -0.2) is 32.1 Å². The summed E-state index contributed by atoms with van der Waals surface area (Å²) in [7, 11) is 0. The van der Waals surface area contributed by atoms with Crippen molar-refractivity contribution in [2.75, 3.05) is 24.7 Å². The summed E-state index contributed by atoms with van der Waals surface area (Å²) in [5.41, 5.74) is 3.40. The maximum absolute atomic E-state index is 12.7. The predicted molar refractivity (Wildman–Crippen MR) is 155 cm³/mol. The van der Waals surface area contributed by atoms with E-state index in [1.54, 1.807) is 24.3 Å². The Balaban J connectivity index is 1.52. The van der Waals surface area contributed by atoms with E-state index in [1.165, 1.54) is 24.3 Å². The highest BCUT2D eigenvalue weighted by atomic mass is 19.4. The largest absolute Gasteiger partial charge is 0.484 e. The first-order chi connectivity index (χ1) is 20.5. The van der Waals surface area contributed by atoms with Gasteiger partial charge < -0.3 is 14.4 Å². The van der Waals surface area contributed by atoms with E-state index in [2.05, 4.69) is 11.0 Å². The molecule has 0 aliphatic carbocycles. The third kappa shape index (κ3) is 8.22. The second-order valence-corrected chi connectivity index (χ2v) is 9.98. The molecule has 3 nitrogen and oxygen atoms in total. The zero-order valence-corrected chi connectivity index (χ0v) is 22.8. The van der Waals surface area contributed by atoms with Crippen molar-refractivity contribution in [3.8, 4) is 11.5 Å². The monoisotopic (exact) mass is 595 g/mol. The lowest BCUT2D eigenvalue weighted by atomic mass is 9.90. The third-order valence-electron chi connectivity index (χ3n) is 6.85. The number of alkyl halides is 6. The Labute approximate surface area is 244 Å². The highest BCUT2D eigenvalue weighted by molar-refractivity contribution is 5.87. The van der Waals surface area contributed by atoms with E-state index in [9.17, 15) is 26.3 Å². The standard InChI is InChI=1S/C34H27F6NO2/c35-33(36,37)22-42-30-16-11-25(12-17-30)32(26-13-18-31(19-14-26)43-23-34(38,39)40)21-41(28-8-2-1-3-9-28)29-15-10-24-6-4-5-7-27(24)20-29/h1-20,32H,21-23H2. The summed E-state index contributed by atoms with van der Waals surface area (Å²) in [5, 5.41) is 2.13. The van der Waals surface area contributed by atoms with Gasteiger partial charge in [0.2, 0.25) is 0 Å². The summed E-state index contributed by atoms with van der Waals surface area (Å²) >= 11 is 0. The molecule has 0 bridgehead atoms. The summed E-state index contributed by atoms with van der Waals surface area (Å²) in [6.45, 7) is -2.40. The molecule has 0 saturated heterocycles. The van der Waals surface area contributed by atoms with Gasteiger partial charge in [0.15, 0.2) is 13.2 Å². The van der Waals surface area contributed by atoms with Crippen LogP contribution in [0, 0.1) is 0 Å². The lowest BCUT2D eigenvalue weighted by molar-refractivity contribution is -0.154. The van der Waals surface area contributed by atoms with Crippen LogP contribution >= 0.6 is 0 Å². The maximum Gasteiger partial charge on any atom is 0.422 e. The number of para-hydroxylation sites is 1. The van der Waals surface area contributed by atoms with Crippen LogP contribution in [0.15, 0.2) is 121 Å². The maximum atomic E-state index is 12.7. The molecule has 0 amide bonds. The van der Waals surface area contributed by atoms with E-state index >= 15 is 0 Å². The Kier molecular flexibility index (Phi) is 8.80. The molecule has 43 heavy (non-hydrogen) atoms. The predicted octanol–water partition coefficient (Wildman–Crippen LogP) is 9.69. The van der Waals surface area contributed by atoms with Crippen molar-refractivity contribution in [2.24, 2.45) is 0 Å². The van der Waals surface area contributed by atoms with Gasteiger partial charge >= 0.3 is 12.4 Å². The second kappa shape index (κ2) is 12.7. The van der Waals surface area contributed by atoms with Gasteiger partial charge in [-0.1, -0.05) is 72.8 Å². The number of halogens is 6. The molecule has 0 unspecified atom stereocenters. The van der Waals surface area contributed by atoms with Crippen LogP contribution < -0.4 is 14.4 Å². The number of ether oxygens (including phenoxy) is 2. The van der Waals surface area contributed by atoms with Crippen molar-refractivity contribution in [2.45, 2.75) is 18.3 Å². The molecule has 0 saturated carbocycles. The molecule has 5 rings (SSSR count). The third-order valence-corrected chi connectivity index (χ3v) is 6.85. The summed E-state index contributed by atoms with van der Waals surface area (Å²) in [6, 6.07) is 36.6. The summed E-state index contributed by atoms with van der Waals surface area (Å²) in [5.74, 6) is -0.185. The van der Waals surface area contributed by atoms with E-state index in [4.69, 9.17) is 9.47 Å². The zero-order valence-electron chi connectivity index (χ0n) is 22.8. The van der Waals surface area contributed by atoms with Crippen LogP contribution in [0.4, 0.5) is 37.7 Å². The van der Waals surface area contributed by atoms with E-state index in [0.29, 0.717) is 6.54 Å². The van der Waals surface area contributed by atoms with Crippen molar-refractivity contribution in [1.29, 1.82) is 0 Å². The van der Waals surface area contributed by atoms with E-state index in [-0.39, 0.29) is 17.4 Å². The number of rotatable bonds is 10. The molecule has 5 aromatic rings. The molecule has 0 N–H and O–H groups in total. The first-order valence-electron chi connectivity index (χ1n) is 13.4. The molecule has 5 aromatic carbocycles. The normalized spacial score (nSPS) is 12.0. The van der Waals surface area contributed by atoms with Gasteiger partial charge in [0.25, 0.3) is 0 Å². The number of hydrogen-bond acceptors (Lipinski definition) is 3. The fourth-order valence-corrected chi connectivity index (χ4v) is 4.82. The quantitative estimate of drug-likeness (QED) is 0.150. The minimum Gasteiger partial charge on any atom is -0.484 e. The average Bonchev–Trinajstić information content (AvgIpc) is 3.00. The van der Waals surface area contributed by atoms with Crippen molar-refractivity contribution >= 4 is 22.1 Å². The molecule has 0 spiro atoms. The van der Waals surface area contributed by atoms with Gasteiger partial charge in [-0.05, 0) is 70.4 Å². The second-order valence-electron chi connectivity index (χ2n) is 9.98. The number of anilines is 2. The minimum absolute atomic E-state index is 0.0742. The van der Waals surface area contributed by atoms with E-state index in [0.717, 1.165) is 33.3 Å². The Hall–Kier alpha value is -4.66. The van der Waals surface area contributed by atoms with E-state index in [1.807, 2.05) is 66.7 Å². The molecule has 0 fully saturated rings. The van der Waals surface area contributed by atoms with Crippen LogP contribution in [-0.2, 0) is 0 Å². The highest BCUT2D eigenvalue weighted by Crippen LogP contribution is 2.35. The molecule has 0 heterocycles. The van der Waals surface area contributed by atoms with Crippen molar-refractivity contribution in [3.05, 3.63) is 132 Å². The van der Waals surface area contributed by atoms with Crippen molar-refractivity contribution < 1.29 is 35.8 Å². The SMILES string of the molecule is FC(F)(F)COc1ccc(C(CN(c2ccccc2)c2ccc3ccccc3c2)c2ccc(OCC(F)(F)F)cc2)cc1. The number of nitrogens with zero attached hydrogens (tertiary/aromatic N) is 1. The molecule has 0 atom stereocenters. The molecule has 0 aromatic heterocycles. The fourth-order valence-electron chi connectivity index (χ4n) is 4.82. The van der Waals surface area contributed by atoms with Gasteiger partial charge in [0, 0.05) is 23.8 Å². The van der Waals surface area contributed by atoms with Gasteiger partial charge in [0.05, 0.1) is 0 Å². The Bertz CT molecular complexity index is 1560. The fraction of sp³-hybridized carbons (Fsp3) is 0.176. The summed E-state index contributed by atoms with van der Waals surface area (Å²) < 4.78 is 85.9. The number of fused-ring (bicyclic) bond motifs is 1. The van der Waals surface area contributed by atoms with Gasteiger partial charge in [0.1, 0.15) is 11.5 Å². The Morgan fingerprint density at radius 3 is 1.51 bits per heavy atom. The first kappa shape index (κ1) is 29.8. The van der Waals surface area contributed by atoms with Gasteiger partial charge in [-0.25, -0.2) is 0 Å². The van der Waals surface area contributed by atoms with Gasteiger partial charge in [-0.3, -0.25) is 0 Å². The lowest BCUT2D eigenvalue weighted by Gasteiger charge is -2.31. The summed E-state index contributed by atoms with van der Waals surface area (Å²) in [6.07, 6.45) is -8.93. The molecule has 0 aliphatic heterocycles. The summed E-state index contributed by atoms with van der Waals surface area (Å²) in [4.78, 5) is 2.14. The topological polar surface area (TPSA) is 21.7 Å². The Morgan fingerprint density at radius 2 is 1.00 bits per heavy atom. The van der Waals surface area contributed by atoms with Gasteiger partial charge in [-0.15, -0.1) is 0 Å². The first-order valence-corrected chi connectivity index (χ1v) is 13.4. The van der Waals surface area contributed by atoms with Crippen molar-refractivity contribution in [1.82, 2.24) is 0 Å². The average molecular weight is 596 g/mol. The molecule has 222 valence electrons. The molecular weight excluding hydrogens is 568 g/mol. The van der Waals surface area contributed by atoms with Crippen molar-refractivity contribution in [3.63, 3.8) is 0 Å². The number of hydrogen-bond donors (Lipinski definition) is 0. The van der Waals surface area contributed by atoms with Crippen LogP contribution in [0.5, 0.6) is 11.5 Å². The molecule has 0 aliphatic rings. The minimum atomic E-state index is -4.47. The zero-order chi connectivity index (χ0) is 30.5. The van der Waals surface area contributed by atoms with Crippen LogP contribution in [0.1, 0.15) is 17.0 Å². The van der Waals surface area contributed by atoms with E-state index < -0.39 is 25.6 Å². The smallest absolute Gasteiger partial charge is 0.422 e. The van der Waals surface area contributed by atoms with Gasteiger partial charge in [-0.2, -0.15) is 26.3 Å². The number of benzene rings is 5. The van der Waals surface area contributed by atoms with Crippen LogP contribution in [0.2, 0.25) is 0 Å². The van der Waals surface area contributed by atoms with Crippen LogP contribution in [0.3, 0.4) is 0 Å². The molecule has 9 heteroatoms.